The summed E-state index contributed by atoms with van der Waals surface area (Å²) in [5, 5.41) is 4.99. The number of fused-ring (bicyclic) bond motifs is 2. The van der Waals surface area contributed by atoms with Crippen molar-refractivity contribution in [1.82, 2.24) is 4.57 Å². The molecule has 0 saturated carbocycles. The highest BCUT2D eigenvalue weighted by Crippen LogP contribution is 2.49. The third kappa shape index (κ3) is 4.73. The molecule has 3 heteroatoms. The number of hydrogen-bond donors (Lipinski definition) is 0. The predicted molar refractivity (Wildman–Crippen MR) is 182 cm³/mol. The average molecular weight is 657 g/mol. The lowest BCUT2D eigenvalue weighted by Crippen LogP contribution is -2.00. The lowest BCUT2D eigenvalue weighted by molar-refractivity contribution is 0.786. The van der Waals surface area contributed by atoms with Crippen molar-refractivity contribution < 1.29 is 0 Å². The fourth-order valence-electron chi connectivity index (χ4n) is 6.00. The van der Waals surface area contributed by atoms with E-state index in [2.05, 4.69) is 177 Å². The van der Waals surface area contributed by atoms with Crippen molar-refractivity contribution in [3.63, 3.8) is 0 Å². The number of benzene rings is 6. The van der Waals surface area contributed by atoms with Crippen molar-refractivity contribution in [2.75, 3.05) is 0 Å². The van der Waals surface area contributed by atoms with Gasteiger partial charge in [-0.05, 0) is 87.1 Å². The maximum Gasteiger partial charge on any atom is 0.0571 e. The Labute approximate surface area is 257 Å². The lowest BCUT2D eigenvalue weighted by atomic mass is 9.91. The average Bonchev–Trinajstić information content (AvgIpc) is 3.36. The van der Waals surface area contributed by atoms with E-state index in [0.29, 0.717) is 0 Å². The minimum Gasteiger partial charge on any atom is -0.340 e. The summed E-state index contributed by atoms with van der Waals surface area (Å²) in [7, 11) is 0. The zero-order chi connectivity index (χ0) is 27.9. The van der Waals surface area contributed by atoms with Crippen LogP contribution in [0, 0.1) is 0 Å². The van der Waals surface area contributed by atoms with Crippen LogP contribution in [0.1, 0.15) is 6.92 Å². The summed E-state index contributed by atoms with van der Waals surface area (Å²) >= 11 is 7.33. The van der Waals surface area contributed by atoms with E-state index in [1.807, 2.05) is 0 Å². The third-order valence-corrected chi connectivity index (χ3v) is 8.95. The van der Waals surface area contributed by atoms with Gasteiger partial charge in [0.2, 0.25) is 0 Å². The molecule has 0 unspecified atom stereocenters. The van der Waals surface area contributed by atoms with Gasteiger partial charge in [-0.1, -0.05) is 129 Å². The highest BCUT2D eigenvalue weighted by Gasteiger charge is 2.26. The molecule has 0 spiro atoms. The number of halogens is 2. The molecule has 1 aromatic heterocycles. The molecule has 1 heterocycles. The molecule has 0 N–H and O–H groups in total. The second kappa shape index (κ2) is 10.8. The van der Waals surface area contributed by atoms with Crippen LogP contribution in [0.25, 0.3) is 66.3 Å². The first-order valence-electron chi connectivity index (χ1n) is 13.9. The highest BCUT2D eigenvalue weighted by atomic mass is 79.9. The van der Waals surface area contributed by atoms with Crippen LogP contribution in [0.5, 0.6) is 0 Å². The van der Waals surface area contributed by atoms with Gasteiger partial charge in [-0.3, -0.25) is 0 Å². The Balaban J connectivity index is 1.63. The van der Waals surface area contributed by atoms with Gasteiger partial charge >= 0.3 is 0 Å². The molecule has 0 aliphatic rings. The van der Waals surface area contributed by atoms with Gasteiger partial charge in [0.1, 0.15) is 0 Å². The zero-order valence-electron chi connectivity index (χ0n) is 22.6. The van der Waals surface area contributed by atoms with Crippen molar-refractivity contribution >= 4 is 53.4 Å². The normalized spacial score (nSPS) is 11.4. The minimum atomic E-state index is 0.838. The molecule has 7 rings (SSSR count). The van der Waals surface area contributed by atoms with Crippen LogP contribution < -0.4 is 0 Å². The third-order valence-electron chi connectivity index (χ3n) is 7.89. The first kappa shape index (κ1) is 26.0. The van der Waals surface area contributed by atoms with Crippen LogP contribution in [-0.4, -0.2) is 4.57 Å². The Morgan fingerprint density at radius 2 is 0.805 bits per heavy atom. The molecule has 0 fully saturated rings. The van der Waals surface area contributed by atoms with Crippen LogP contribution in [-0.2, 0) is 6.54 Å². The molecule has 0 saturated heterocycles. The van der Waals surface area contributed by atoms with Crippen LogP contribution in [0.4, 0.5) is 0 Å². The van der Waals surface area contributed by atoms with E-state index in [4.69, 9.17) is 0 Å². The van der Waals surface area contributed by atoms with Gasteiger partial charge < -0.3 is 4.57 Å². The molecule has 41 heavy (non-hydrogen) atoms. The molecule has 0 aliphatic carbocycles. The van der Waals surface area contributed by atoms with Gasteiger partial charge in [-0.25, -0.2) is 0 Å². The second-order valence-electron chi connectivity index (χ2n) is 10.3. The van der Waals surface area contributed by atoms with Crippen LogP contribution in [0.3, 0.4) is 0 Å². The van der Waals surface area contributed by atoms with Gasteiger partial charge in [0.25, 0.3) is 0 Å². The molecule has 0 amide bonds. The summed E-state index contributed by atoms with van der Waals surface area (Å²) in [6, 6.07) is 48.5. The topological polar surface area (TPSA) is 4.93 Å². The zero-order valence-corrected chi connectivity index (χ0v) is 25.8. The number of aromatic nitrogens is 1. The van der Waals surface area contributed by atoms with E-state index in [0.717, 1.165) is 15.5 Å². The van der Waals surface area contributed by atoms with Gasteiger partial charge in [0.15, 0.2) is 0 Å². The number of nitrogens with zero attached hydrogens (tertiary/aromatic N) is 1. The standard InChI is InChI=1S/C38H27Br2N/c1-2-41-37(31-13-11-25-7-3-5-9-29(25)23-31)35(27-15-19-33(39)20-16-27)36(28-17-21-34(40)22-18-28)38(41)32-14-12-26-8-4-6-10-30(26)24-32/h3-24H,2H2,1H3. The van der Waals surface area contributed by atoms with Crippen LogP contribution >= 0.6 is 31.9 Å². The lowest BCUT2D eigenvalue weighted by Gasteiger charge is -2.14. The SMILES string of the molecule is CCn1c(-c2ccc3ccccc3c2)c(-c2ccc(Br)cc2)c(-c2ccc(Br)cc2)c1-c1ccc2ccccc2c1. The van der Waals surface area contributed by atoms with Crippen LogP contribution in [0.2, 0.25) is 0 Å². The highest BCUT2D eigenvalue weighted by molar-refractivity contribution is 9.10. The van der Waals surface area contributed by atoms with Crippen molar-refractivity contribution in [2.24, 2.45) is 0 Å². The number of rotatable bonds is 5. The molecule has 0 aliphatic heterocycles. The summed E-state index contributed by atoms with van der Waals surface area (Å²) in [5.74, 6) is 0. The summed E-state index contributed by atoms with van der Waals surface area (Å²) in [4.78, 5) is 0. The number of hydrogen-bond acceptors (Lipinski definition) is 0. The fraction of sp³-hybridized carbons (Fsp3) is 0.0526. The van der Waals surface area contributed by atoms with Gasteiger partial charge in [-0.2, -0.15) is 0 Å². The van der Waals surface area contributed by atoms with Gasteiger partial charge in [-0.15, -0.1) is 0 Å². The van der Waals surface area contributed by atoms with E-state index in [1.54, 1.807) is 0 Å². The van der Waals surface area contributed by atoms with Crippen molar-refractivity contribution in [3.05, 3.63) is 142 Å². The Kier molecular flexibility index (Phi) is 6.86. The Morgan fingerprint density at radius 3 is 1.20 bits per heavy atom. The molecule has 198 valence electrons. The monoisotopic (exact) mass is 655 g/mol. The van der Waals surface area contributed by atoms with E-state index < -0.39 is 0 Å². The van der Waals surface area contributed by atoms with E-state index in [-0.39, 0.29) is 0 Å². The maximum atomic E-state index is 3.66. The van der Waals surface area contributed by atoms with Crippen molar-refractivity contribution in [2.45, 2.75) is 13.5 Å². The molecule has 6 aromatic carbocycles. The van der Waals surface area contributed by atoms with Crippen LogP contribution in [0.15, 0.2) is 142 Å². The first-order chi connectivity index (χ1) is 20.1. The Morgan fingerprint density at radius 1 is 0.439 bits per heavy atom. The second-order valence-corrected chi connectivity index (χ2v) is 12.2. The minimum absolute atomic E-state index is 0.838. The van der Waals surface area contributed by atoms with E-state index in [9.17, 15) is 0 Å². The largest absolute Gasteiger partial charge is 0.340 e. The molecule has 7 aromatic rings. The molecule has 0 atom stereocenters. The van der Waals surface area contributed by atoms with Gasteiger partial charge in [0.05, 0.1) is 11.4 Å². The summed E-state index contributed by atoms with van der Waals surface area (Å²) in [6.07, 6.45) is 0. The fourth-order valence-corrected chi connectivity index (χ4v) is 6.53. The molecular weight excluding hydrogens is 630 g/mol. The van der Waals surface area contributed by atoms with E-state index in [1.165, 1.54) is 66.3 Å². The Hall–Kier alpha value is -3.92. The smallest absolute Gasteiger partial charge is 0.0571 e. The molecule has 0 radical (unpaired) electrons. The summed E-state index contributed by atoms with van der Waals surface area (Å²) < 4.78 is 4.66. The molecule has 1 nitrogen and oxygen atoms in total. The quantitative estimate of drug-likeness (QED) is 0.174. The first-order valence-corrected chi connectivity index (χ1v) is 15.5. The van der Waals surface area contributed by atoms with Crippen molar-refractivity contribution in [1.29, 1.82) is 0 Å². The summed E-state index contributed by atoms with van der Waals surface area (Å²) in [5.41, 5.74) is 9.80. The molecular formula is C38H27Br2N. The molecule has 0 bridgehead atoms. The Bertz CT molecular complexity index is 1890. The van der Waals surface area contributed by atoms with E-state index >= 15 is 0 Å². The maximum absolute atomic E-state index is 3.66. The van der Waals surface area contributed by atoms with Crippen molar-refractivity contribution in [3.8, 4) is 44.8 Å². The predicted octanol–water partition coefficient (Wildman–Crippen LogP) is 12.0. The van der Waals surface area contributed by atoms with Gasteiger partial charge in [0, 0.05) is 26.6 Å². The summed E-state index contributed by atoms with van der Waals surface area (Å²) in [6.45, 7) is 3.09.